The van der Waals surface area contributed by atoms with Gasteiger partial charge in [0.1, 0.15) is 0 Å². The van der Waals surface area contributed by atoms with E-state index in [1.165, 1.54) is 11.1 Å². The van der Waals surface area contributed by atoms with Crippen LogP contribution in [0, 0.1) is 11.3 Å². The molecule has 1 fully saturated rings. The van der Waals surface area contributed by atoms with Crippen LogP contribution in [0.1, 0.15) is 62.6 Å². The van der Waals surface area contributed by atoms with E-state index in [4.69, 9.17) is 15.5 Å². The average molecular weight is 384 g/mol. The lowest BCUT2D eigenvalue weighted by molar-refractivity contribution is -0.137. The third kappa shape index (κ3) is 2.70. The standard InChI is InChI=1S/C23H33N3O2/c1-15(2)5-6-16-7-8-17-14-22(11-9-18(28-4)10-12-22)23(19(17)13-16)20(27)26(3)21(24)25-23/h7-8,13,15,18H,5-6,9-12,14H2,1-4H3,(H2,24,25)/t18-,22-,23?. The summed E-state index contributed by atoms with van der Waals surface area (Å²) in [6.45, 7) is 4.50. The fraction of sp³-hybridized carbons (Fsp3) is 0.652. The van der Waals surface area contributed by atoms with E-state index in [0.29, 0.717) is 11.9 Å². The number of nitrogens with zero attached hydrogens (tertiary/aromatic N) is 2. The highest BCUT2D eigenvalue weighted by atomic mass is 16.5. The van der Waals surface area contributed by atoms with Crippen molar-refractivity contribution in [3.63, 3.8) is 0 Å². The van der Waals surface area contributed by atoms with E-state index in [2.05, 4.69) is 32.0 Å². The average Bonchev–Trinajstić information content (AvgIpc) is 3.08. The van der Waals surface area contributed by atoms with Crippen molar-refractivity contribution in [2.45, 2.75) is 70.4 Å². The molecule has 1 atom stereocenters. The quantitative estimate of drug-likeness (QED) is 0.866. The largest absolute Gasteiger partial charge is 0.381 e. The van der Waals surface area contributed by atoms with E-state index in [-0.39, 0.29) is 17.4 Å². The summed E-state index contributed by atoms with van der Waals surface area (Å²) < 4.78 is 5.61. The Kier molecular flexibility index (Phi) is 4.77. The molecule has 2 N–H and O–H groups in total. The van der Waals surface area contributed by atoms with Gasteiger partial charge in [-0.05, 0) is 67.6 Å². The molecule has 0 saturated heterocycles. The number of methoxy groups -OCH3 is 1. The van der Waals surface area contributed by atoms with E-state index >= 15 is 0 Å². The molecule has 0 aromatic heterocycles. The zero-order valence-electron chi connectivity index (χ0n) is 17.6. The Morgan fingerprint density at radius 1 is 1.32 bits per heavy atom. The lowest BCUT2D eigenvalue weighted by Gasteiger charge is -2.45. The van der Waals surface area contributed by atoms with Gasteiger partial charge in [-0.2, -0.15) is 0 Å². The second kappa shape index (κ2) is 6.87. The molecule has 1 aromatic carbocycles. The molecule has 5 nitrogen and oxygen atoms in total. The molecule has 2 spiro atoms. The van der Waals surface area contributed by atoms with Crippen molar-refractivity contribution >= 4 is 11.9 Å². The van der Waals surface area contributed by atoms with E-state index < -0.39 is 5.54 Å². The normalized spacial score (nSPS) is 31.9. The number of carbonyl (C=O) groups excluding carboxylic acids is 1. The maximum Gasteiger partial charge on any atom is 0.262 e. The first-order chi connectivity index (χ1) is 13.3. The van der Waals surface area contributed by atoms with Crippen molar-refractivity contribution in [2.24, 2.45) is 22.1 Å². The first kappa shape index (κ1) is 19.4. The molecule has 152 valence electrons. The topological polar surface area (TPSA) is 67.9 Å². The van der Waals surface area contributed by atoms with Crippen LogP contribution in [0.4, 0.5) is 0 Å². The third-order valence-electron chi connectivity index (χ3n) is 7.33. The van der Waals surface area contributed by atoms with Gasteiger partial charge < -0.3 is 10.5 Å². The maximum absolute atomic E-state index is 13.6. The lowest BCUT2D eigenvalue weighted by Crippen LogP contribution is -2.51. The highest BCUT2D eigenvalue weighted by Gasteiger charge is 2.66. The summed E-state index contributed by atoms with van der Waals surface area (Å²) in [6, 6.07) is 6.73. The summed E-state index contributed by atoms with van der Waals surface area (Å²) in [5, 5.41) is 0. The van der Waals surface area contributed by atoms with E-state index in [9.17, 15) is 4.79 Å². The number of amides is 1. The number of hydrogen-bond donors (Lipinski definition) is 1. The monoisotopic (exact) mass is 383 g/mol. The molecule has 5 heteroatoms. The summed E-state index contributed by atoms with van der Waals surface area (Å²) in [7, 11) is 3.54. The number of guanidine groups is 1. The Balaban J connectivity index is 1.79. The summed E-state index contributed by atoms with van der Waals surface area (Å²) in [6.07, 6.45) is 7.19. The van der Waals surface area contributed by atoms with Crippen molar-refractivity contribution < 1.29 is 9.53 Å². The second-order valence-corrected chi connectivity index (χ2v) is 9.36. The lowest BCUT2D eigenvalue weighted by atomic mass is 9.61. The van der Waals surface area contributed by atoms with Crippen LogP contribution in [-0.4, -0.2) is 37.0 Å². The molecule has 0 bridgehead atoms. The molecule has 1 aromatic rings. The minimum absolute atomic E-state index is 0.0422. The minimum Gasteiger partial charge on any atom is -0.381 e. The molecule has 3 aliphatic rings. The van der Waals surface area contributed by atoms with Crippen LogP contribution in [-0.2, 0) is 27.9 Å². The Labute approximate surface area is 168 Å². The van der Waals surface area contributed by atoms with Crippen molar-refractivity contribution in [3.05, 3.63) is 34.9 Å². The molecule has 1 saturated carbocycles. The zero-order chi connectivity index (χ0) is 20.1. The summed E-state index contributed by atoms with van der Waals surface area (Å²) in [5.74, 6) is 1.05. The van der Waals surface area contributed by atoms with Gasteiger partial charge in [-0.25, -0.2) is 4.99 Å². The van der Waals surface area contributed by atoms with Crippen molar-refractivity contribution in [2.75, 3.05) is 14.2 Å². The van der Waals surface area contributed by atoms with Gasteiger partial charge in [0.25, 0.3) is 5.91 Å². The van der Waals surface area contributed by atoms with Gasteiger partial charge in [-0.1, -0.05) is 32.0 Å². The second-order valence-electron chi connectivity index (χ2n) is 9.36. The number of carbonyl (C=O) groups is 1. The van der Waals surface area contributed by atoms with Crippen LogP contribution in [0.25, 0.3) is 0 Å². The van der Waals surface area contributed by atoms with Gasteiger partial charge in [0.05, 0.1) is 6.10 Å². The number of aliphatic imine (C=N–C) groups is 1. The van der Waals surface area contributed by atoms with Gasteiger partial charge in [0.2, 0.25) is 0 Å². The van der Waals surface area contributed by atoms with Gasteiger partial charge in [0.15, 0.2) is 11.5 Å². The first-order valence-corrected chi connectivity index (χ1v) is 10.6. The van der Waals surface area contributed by atoms with Crippen molar-refractivity contribution in [3.8, 4) is 0 Å². The highest BCUT2D eigenvalue weighted by Crippen LogP contribution is 2.61. The third-order valence-corrected chi connectivity index (χ3v) is 7.33. The Morgan fingerprint density at radius 2 is 2.04 bits per heavy atom. The van der Waals surface area contributed by atoms with Crippen LogP contribution in [0.2, 0.25) is 0 Å². The fourth-order valence-corrected chi connectivity index (χ4v) is 5.58. The smallest absolute Gasteiger partial charge is 0.262 e. The summed E-state index contributed by atoms with van der Waals surface area (Å²) >= 11 is 0. The molecular weight excluding hydrogens is 350 g/mol. The van der Waals surface area contributed by atoms with Gasteiger partial charge in [-0.3, -0.25) is 9.69 Å². The van der Waals surface area contributed by atoms with Crippen LogP contribution < -0.4 is 5.73 Å². The number of benzene rings is 1. The molecule has 1 aliphatic heterocycles. The summed E-state index contributed by atoms with van der Waals surface area (Å²) in [4.78, 5) is 20.1. The van der Waals surface area contributed by atoms with Crippen LogP contribution >= 0.6 is 0 Å². The predicted molar refractivity (Wildman–Crippen MR) is 111 cm³/mol. The molecule has 1 unspecified atom stereocenters. The number of hydrogen-bond acceptors (Lipinski definition) is 4. The van der Waals surface area contributed by atoms with Crippen LogP contribution in [0.5, 0.6) is 0 Å². The number of likely N-dealkylation sites (N-methyl/N-ethyl adjacent to an activating group) is 1. The minimum atomic E-state index is -0.853. The number of ether oxygens (including phenoxy) is 1. The molecule has 2 aliphatic carbocycles. The number of rotatable bonds is 4. The molecular formula is C23H33N3O2. The van der Waals surface area contributed by atoms with E-state index in [1.807, 2.05) is 0 Å². The number of fused-ring (bicyclic) bond motifs is 3. The Bertz CT molecular complexity index is 808. The highest BCUT2D eigenvalue weighted by molar-refractivity contribution is 6.08. The van der Waals surface area contributed by atoms with Crippen molar-refractivity contribution in [1.29, 1.82) is 0 Å². The molecule has 4 rings (SSSR count). The first-order valence-electron chi connectivity index (χ1n) is 10.6. The van der Waals surface area contributed by atoms with Crippen LogP contribution in [0.15, 0.2) is 23.2 Å². The SMILES string of the molecule is CO[C@H]1CC[C@]2(CC1)Cc1ccc(CCC(C)C)cc1C21N=C(N)N(C)C1=O. The molecule has 1 amide bonds. The van der Waals surface area contributed by atoms with E-state index in [1.54, 1.807) is 19.1 Å². The van der Waals surface area contributed by atoms with Gasteiger partial charge in [-0.15, -0.1) is 0 Å². The van der Waals surface area contributed by atoms with E-state index in [0.717, 1.165) is 50.5 Å². The maximum atomic E-state index is 13.6. The summed E-state index contributed by atoms with van der Waals surface area (Å²) in [5.41, 5.74) is 8.81. The molecule has 0 radical (unpaired) electrons. The van der Waals surface area contributed by atoms with Gasteiger partial charge >= 0.3 is 0 Å². The predicted octanol–water partition coefficient (Wildman–Crippen LogP) is 3.39. The van der Waals surface area contributed by atoms with Crippen molar-refractivity contribution in [1.82, 2.24) is 4.90 Å². The Morgan fingerprint density at radius 3 is 2.61 bits per heavy atom. The fourth-order valence-electron chi connectivity index (χ4n) is 5.58. The molecule has 28 heavy (non-hydrogen) atoms. The Hall–Kier alpha value is -1.88. The van der Waals surface area contributed by atoms with Crippen LogP contribution in [0.3, 0.4) is 0 Å². The zero-order valence-corrected chi connectivity index (χ0v) is 17.6. The number of aryl methyl sites for hydroxylation is 1. The number of nitrogens with two attached hydrogens (primary N) is 1. The van der Waals surface area contributed by atoms with Gasteiger partial charge in [0, 0.05) is 19.6 Å². The molecule has 1 heterocycles.